The number of methoxy groups -OCH3 is 1. The van der Waals surface area contributed by atoms with Gasteiger partial charge in [0.15, 0.2) is 0 Å². The molecule has 1 N–H and O–H groups in total. The minimum atomic E-state index is -0.819. The van der Waals surface area contributed by atoms with Crippen LogP contribution in [-0.2, 0) is 4.79 Å². The average molecular weight is 222 g/mol. The van der Waals surface area contributed by atoms with Crippen LogP contribution in [0.5, 0.6) is 11.5 Å². The summed E-state index contributed by atoms with van der Waals surface area (Å²) in [4.78, 5) is 11.0. The number of rotatable bonds is 2. The van der Waals surface area contributed by atoms with Crippen molar-refractivity contribution in [3.63, 3.8) is 0 Å². The van der Waals surface area contributed by atoms with Crippen molar-refractivity contribution < 1.29 is 19.4 Å². The first-order valence-corrected chi connectivity index (χ1v) is 5.17. The molecule has 1 aliphatic rings. The minimum absolute atomic E-state index is 0.0589. The van der Waals surface area contributed by atoms with Crippen LogP contribution in [0.4, 0.5) is 0 Å². The van der Waals surface area contributed by atoms with Gasteiger partial charge in [-0.2, -0.15) is 0 Å². The lowest BCUT2D eigenvalue weighted by molar-refractivity contribution is -0.144. The van der Waals surface area contributed by atoms with Gasteiger partial charge in [0.25, 0.3) is 0 Å². The third kappa shape index (κ3) is 1.71. The summed E-state index contributed by atoms with van der Waals surface area (Å²) in [6.45, 7) is 2.13. The Kier molecular flexibility index (Phi) is 2.73. The highest BCUT2D eigenvalue weighted by Gasteiger charge is 2.32. The van der Waals surface area contributed by atoms with Crippen LogP contribution >= 0.6 is 0 Å². The van der Waals surface area contributed by atoms with Gasteiger partial charge in [0, 0.05) is 11.5 Å². The molecule has 0 amide bonds. The van der Waals surface area contributed by atoms with Gasteiger partial charge in [-0.1, -0.05) is 6.92 Å². The largest absolute Gasteiger partial charge is 0.497 e. The number of aliphatic carboxylic acids is 1. The van der Waals surface area contributed by atoms with E-state index in [0.717, 1.165) is 17.1 Å². The highest BCUT2D eigenvalue weighted by Crippen LogP contribution is 2.38. The second-order valence-corrected chi connectivity index (χ2v) is 3.95. The number of fused-ring (bicyclic) bond motifs is 1. The van der Waals surface area contributed by atoms with E-state index in [1.807, 2.05) is 25.1 Å². The average Bonchev–Trinajstić information content (AvgIpc) is 2.28. The van der Waals surface area contributed by atoms with Crippen molar-refractivity contribution in [2.45, 2.75) is 12.8 Å². The van der Waals surface area contributed by atoms with E-state index in [4.69, 9.17) is 14.6 Å². The first kappa shape index (κ1) is 10.8. The zero-order valence-corrected chi connectivity index (χ0v) is 9.27. The molecule has 16 heavy (non-hydrogen) atoms. The van der Waals surface area contributed by atoms with E-state index in [9.17, 15) is 4.79 Å². The number of carboxylic acid groups (broad SMARTS) is 1. The van der Waals surface area contributed by atoms with Gasteiger partial charge in [-0.3, -0.25) is 4.79 Å². The van der Waals surface area contributed by atoms with Gasteiger partial charge >= 0.3 is 5.97 Å². The lowest BCUT2D eigenvalue weighted by Crippen LogP contribution is -2.30. The van der Waals surface area contributed by atoms with E-state index in [1.54, 1.807) is 7.11 Å². The maximum Gasteiger partial charge on any atom is 0.310 e. The van der Waals surface area contributed by atoms with Crippen LogP contribution in [0.15, 0.2) is 18.2 Å². The van der Waals surface area contributed by atoms with Gasteiger partial charge in [0.2, 0.25) is 0 Å². The topological polar surface area (TPSA) is 55.8 Å². The Bertz CT molecular complexity index is 413. The molecule has 0 saturated carbocycles. The number of benzene rings is 1. The van der Waals surface area contributed by atoms with Crippen molar-refractivity contribution in [1.82, 2.24) is 0 Å². The van der Waals surface area contributed by atoms with E-state index >= 15 is 0 Å². The van der Waals surface area contributed by atoms with Crippen LogP contribution < -0.4 is 9.47 Å². The summed E-state index contributed by atoms with van der Waals surface area (Å²) in [6.07, 6.45) is 0. The van der Waals surface area contributed by atoms with Gasteiger partial charge in [0.1, 0.15) is 18.1 Å². The Balaban J connectivity index is 2.38. The SMILES string of the molecule is COc1ccc2c(c1)C(C)C(C(=O)O)CO2. The molecule has 2 atom stereocenters. The molecule has 1 aliphatic heterocycles. The van der Waals surface area contributed by atoms with Crippen LogP contribution in [0.3, 0.4) is 0 Å². The summed E-state index contributed by atoms with van der Waals surface area (Å²) in [5.74, 6) is 0.114. The second kappa shape index (κ2) is 4.04. The van der Waals surface area contributed by atoms with E-state index < -0.39 is 11.9 Å². The monoisotopic (exact) mass is 222 g/mol. The Morgan fingerprint density at radius 1 is 1.56 bits per heavy atom. The van der Waals surface area contributed by atoms with Crippen molar-refractivity contribution in [1.29, 1.82) is 0 Å². The maximum atomic E-state index is 11.0. The lowest BCUT2D eigenvalue weighted by atomic mass is 9.85. The number of carbonyl (C=O) groups is 1. The van der Waals surface area contributed by atoms with Gasteiger partial charge in [-0.05, 0) is 18.2 Å². The fourth-order valence-corrected chi connectivity index (χ4v) is 1.97. The quantitative estimate of drug-likeness (QED) is 0.830. The van der Waals surface area contributed by atoms with Crippen LogP contribution in [-0.4, -0.2) is 24.8 Å². The molecule has 1 aromatic rings. The third-order valence-corrected chi connectivity index (χ3v) is 3.05. The Hall–Kier alpha value is -1.71. The zero-order chi connectivity index (χ0) is 11.7. The molecular weight excluding hydrogens is 208 g/mol. The fraction of sp³-hybridized carbons (Fsp3) is 0.417. The van der Waals surface area contributed by atoms with Crippen LogP contribution in [0.2, 0.25) is 0 Å². The van der Waals surface area contributed by atoms with Gasteiger partial charge < -0.3 is 14.6 Å². The van der Waals surface area contributed by atoms with Crippen LogP contribution in [0.25, 0.3) is 0 Å². The molecule has 4 nitrogen and oxygen atoms in total. The zero-order valence-electron chi connectivity index (χ0n) is 9.27. The number of hydrogen-bond acceptors (Lipinski definition) is 3. The lowest BCUT2D eigenvalue weighted by Gasteiger charge is -2.28. The molecule has 0 bridgehead atoms. The molecule has 0 aliphatic carbocycles. The van der Waals surface area contributed by atoms with E-state index in [-0.39, 0.29) is 12.5 Å². The highest BCUT2D eigenvalue weighted by atomic mass is 16.5. The molecule has 0 radical (unpaired) electrons. The van der Waals surface area contributed by atoms with Crippen molar-refractivity contribution in [3.05, 3.63) is 23.8 Å². The normalized spacial score (nSPS) is 23.1. The van der Waals surface area contributed by atoms with Gasteiger partial charge in [0.05, 0.1) is 13.0 Å². The highest BCUT2D eigenvalue weighted by molar-refractivity contribution is 5.72. The maximum absolute atomic E-state index is 11.0. The predicted octanol–water partition coefficient (Wildman–Crippen LogP) is 1.89. The molecular formula is C12H14O4. The summed E-state index contributed by atoms with van der Waals surface area (Å²) in [7, 11) is 1.59. The van der Waals surface area contributed by atoms with Crippen molar-refractivity contribution in [2.24, 2.45) is 5.92 Å². The molecule has 2 unspecified atom stereocenters. The summed E-state index contributed by atoms with van der Waals surface area (Å²) >= 11 is 0. The summed E-state index contributed by atoms with van der Waals surface area (Å²) in [5.41, 5.74) is 0.901. The minimum Gasteiger partial charge on any atom is -0.497 e. The predicted molar refractivity (Wildman–Crippen MR) is 58.0 cm³/mol. The van der Waals surface area contributed by atoms with E-state index in [1.165, 1.54) is 0 Å². The molecule has 1 heterocycles. The first-order valence-electron chi connectivity index (χ1n) is 5.17. The summed E-state index contributed by atoms with van der Waals surface area (Å²) < 4.78 is 10.6. The number of ether oxygens (including phenoxy) is 2. The molecule has 0 fully saturated rings. The van der Waals surface area contributed by atoms with Crippen molar-refractivity contribution in [3.8, 4) is 11.5 Å². The molecule has 0 aromatic heterocycles. The molecule has 2 rings (SSSR count). The van der Waals surface area contributed by atoms with Crippen LogP contribution in [0, 0.1) is 5.92 Å². The number of hydrogen-bond donors (Lipinski definition) is 1. The first-order chi connectivity index (χ1) is 7.63. The third-order valence-electron chi connectivity index (χ3n) is 3.05. The standard InChI is InChI=1S/C12H14O4/c1-7-9-5-8(15-2)3-4-11(9)16-6-10(7)12(13)14/h3-5,7,10H,6H2,1-2H3,(H,13,14). The molecule has 4 heteroatoms. The van der Waals surface area contributed by atoms with Crippen molar-refractivity contribution in [2.75, 3.05) is 13.7 Å². The van der Waals surface area contributed by atoms with Crippen molar-refractivity contribution >= 4 is 5.97 Å². The molecule has 86 valence electrons. The number of carboxylic acids is 1. The molecule has 0 spiro atoms. The smallest absolute Gasteiger partial charge is 0.310 e. The van der Waals surface area contributed by atoms with Crippen LogP contribution in [0.1, 0.15) is 18.4 Å². The Morgan fingerprint density at radius 2 is 2.31 bits per heavy atom. The summed E-state index contributed by atoms with van der Waals surface area (Å²) in [6, 6.07) is 5.48. The van der Waals surface area contributed by atoms with E-state index in [2.05, 4.69) is 0 Å². The molecule has 1 aromatic carbocycles. The summed E-state index contributed by atoms with van der Waals surface area (Å²) in [5, 5.41) is 9.05. The molecule has 0 saturated heterocycles. The second-order valence-electron chi connectivity index (χ2n) is 3.95. The fourth-order valence-electron chi connectivity index (χ4n) is 1.97. The van der Waals surface area contributed by atoms with Gasteiger partial charge in [-0.25, -0.2) is 0 Å². The Labute approximate surface area is 93.8 Å². The van der Waals surface area contributed by atoms with E-state index in [0.29, 0.717) is 0 Å². The Morgan fingerprint density at radius 3 is 2.94 bits per heavy atom. The van der Waals surface area contributed by atoms with Gasteiger partial charge in [-0.15, -0.1) is 0 Å².